The summed E-state index contributed by atoms with van der Waals surface area (Å²) in [6.07, 6.45) is 0. The van der Waals surface area contributed by atoms with Gasteiger partial charge in [0.1, 0.15) is 0 Å². The van der Waals surface area contributed by atoms with Gasteiger partial charge in [-0.15, -0.1) is 0 Å². The second-order valence-electron chi connectivity index (χ2n) is 7.54. The Morgan fingerprint density at radius 3 is 1.29 bits per heavy atom. The maximum atomic E-state index is 6.54. The van der Waals surface area contributed by atoms with Crippen LogP contribution in [0.2, 0.25) is 57.9 Å². The predicted octanol–water partition coefficient (Wildman–Crippen LogP) is 3.12. The largest absolute Gasteiger partial charge is 0.500 e. The van der Waals surface area contributed by atoms with Crippen LogP contribution in [-0.4, -0.2) is 64.4 Å². The van der Waals surface area contributed by atoms with Gasteiger partial charge < -0.3 is 29.7 Å². The molecule has 0 aromatic heterocycles. The molecule has 1 rings (SSSR count). The average molecular weight is 431 g/mol. The molecule has 144 valence electrons. The highest BCUT2D eigenvalue weighted by Crippen LogP contribution is 2.34. The van der Waals surface area contributed by atoms with Crippen molar-refractivity contribution in [3.63, 3.8) is 0 Å². The van der Waals surface area contributed by atoms with Gasteiger partial charge in [-0.1, -0.05) is 0 Å². The molecule has 1 aliphatic rings. The lowest BCUT2D eigenvalue weighted by Crippen LogP contribution is -2.65. The first kappa shape index (κ1) is 22.8. The zero-order valence-electron chi connectivity index (χ0n) is 16.8. The SMILES string of the molecule is CO[Si](CC[Si]1(C)O[Si](C)(C)O[Si](C)(C)O[Si](C)(C)O1)(OC)OC. The van der Waals surface area contributed by atoms with Crippen LogP contribution in [0, 0.1) is 0 Å². The Morgan fingerprint density at radius 1 is 0.625 bits per heavy atom. The van der Waals surface area contributed by atoms with Crippen molar-refractivity contribution in [3.05, 3.63) is 0 Å². The summed E-state index contributed by atoms with van der Waals surface area (Å²) in [5, 5.41) is 0. The van der Waals surface area contributed by atoms with Gasteiger partial charge >= 0.3 is 43.0 Å². The van der Waals surface area contributed by atoms with Crippen LogP contribution in [0.15, 0.2) is 0 Å². The summed E-state index contributed by atoms with van der Waals surface area (Å²) in [5.74, 6) is 0. The van der Waals surface area contributed by atoms with Gasteiger partial charge in [0.25, 0.3) is 0 Å². The smallest absolute Gasteiger partial charge is 0.416 e. The highest BCUT2D eigenvalue weighted by molar-refractivity contribution is 6.93. The van der Waals surface area contributed by atoms with Gasteiger partial charge in [0.05, 0.1) is 0 Å². The first-order valence-electron chi connectivity index (χ1n) is 8.18. The van der Waals surface area contributed by atoms with E-state index in [-0.39, 0.29) is 0 Å². The highest BCUT2D eigenvalue weighted by Gasteiger charge is 2.53. The van der Waals surface area contributed by atoms with Gasteiger partial charge in [0.15, 0.2) is 0 Å². The molecule has 0 bridgehead atoms. The Balaban J connectivity index is 3.01. The molecule has 0 saturated carbocycles. The van der Waals surface area contributed by atoms with Crippen molar-refractivity contribution in [2.45, 2.75) is 57.9 Å². The molecule has 1 saturated heterocycles. The van der Waals surface area contributed by atoms with Crippen LogP contribution < -0.4 is 0 Å². The molecule has 1 heterocycles. The van der Waals surface area contributed by atoms with Crippen LogP contribution in [0.4, 0.5) is 0 Å². The van der Waals surface area contributed by atoms with E-state index in [9.17, 15) is 0 Å². The molecular formula is C12H34O7Si5. The molecule has 0 N–H and O–H groups in total. The summed E-state index contributed by atoms with van der Waals surface area (Å²) in [7, 11) is -7.26. The molecule has 0 amide bonds. The van der Waals surface area contributed by atoms with Crippen LogP contribution in [-0.2, 0) is 29.7 Å². The second kappa shape index (κ2) is 7.81. The van der Waals surface area contributed by atoms with Crippen LogP contribution in [0.25, 0.3) is 0 Å². The van der Waals surface area contributed by atoms with E-state index in [1.807, 2.05) is 0 Å². The lowest BCUT2D eigenvalue weighted by Gasteiger charge is -2.47. The molecule has 1 fully saturated rings. The summed E-state index contributed by atoms with van der Waals surface area (Å²) >= 11 is 0. The fourth-order valence-electron chi connectivity index (χ4n) is 3.35. The first-order chi connectivity index (χ1) is 10.7. The van der Waals surface area contributed by atoms with Gasteiger partial charge in [-0.05, 0) is 51.9 Å². The third-order valence-corrected chi connectivity index (χ3v) is 23.4. The highest BCUT2D eigenvalue weighted by atomic mass is 28.5. The fraction of sp³-hybridized carbons (Fsp3) is 1.00. The molecule has 0 unspecified atom stereocenters. The zero-order valence-corrected chi connectivity index (χ0v) is 21.8. The molecular weight excluding hydrogens is 397 g/mol. The molecule has 0 aliphatic carbocycles. The van der Waals surface area contributed by atoms with E-state index >= 15 is 0 Å². The normalized spacial score (nSPS) is 25.8. The lowest BCUT2D eigenvalue weighted by molar-refractivity contribution is 0.124. The third-order valence-electron chi connectivity index (χ3n) is 3.72. The van der Waals surface area contributed by atoms with E-state index in [1.54, 1.807) is 21.3 Å². The topological polar surface area (TPSA) is 64.6 Å². The molecule has 0 aromatic carbocycles. The lowest BCUT2D eigenvalue weighted by atomic mass is 10.9. The third kappa shape index (κ3) is 6.51. The van der Waals surface area contributed by atoms with Gasteiger partial charge in [-0.2, -0.15) is 0 Å². The number of rotatable bonds is 6. The standard InChI is InChI=1S/C12H34O7Si5/c1-13-24(14-2,15-3)12-11-23(10)18-21(6,7)16-20(4,5)17-22(8,9)19-23/h11-12H2,1-10H3. The summed E-state index contributed by atoms with van der Waals surface area (Å²) < 4.78 is 42.4. The average Bonchev–Trinajstić information content (AvgIpc) is 2.35. The van der Waals surface area contributed by atoms with Gasteiger partial charge in [0.2, 0.25) is 0 Å². The van der Waals surface area contributed by atoms with Crippen molar-refractivity contribution in [1.82, 2.24) is 0 Å². The van der Waals surface area contributed by atoms with E-state index in [4.69, 9.17) is 29.7 Å². The number of hydrogen-bond acceptors (Lipinski definition) is 7. The van der Waals surface area contributed by atoms with Crippen molar-refractivity contribution >= 4 is 43.0 Å². The minimum absolute atomic E-state index is 0.648. The Labute approximate surface area is 152 Å². The van der Waals surface area contributed by atoms with Crippen molar-refractivity contribution in [1.29, 1.82) is 0 Å². The molecule has 0 radical (unpaired) electrons. The fourth-order valence-corrected chi connectivity index (χ4v) is 28.3. The minimum Gasteiger partial charge on any atom is -0.416 e. The monoisotopic (exact) mass is 430 g/mol. The van der Waals surface area contributed by atoms with Gasteiger partial charge in [-0.25, -0.2) is 0 Å². The maximum absolute atomic E-state index is 6.54. The molecule has 12 heteroatoms. The Kier molecular flexibility index (Phi) is 7.44. The Bertz CT molecular complexity index is 398. The minimum atomic E-state index is -2.67. The maximum Gasteiger partial charge on any atom is 0.500 e. The zero-order chi connectivity index (χ0) is 18.9. The van der Waals surface area contributed by atoms with E-state index < -0.39 is 43.0 Å². The van der Waals surface area contributed by atoms with Crippen LogP contribution >= 0.6 is 0 Å². The van der Waals surface area contributed by atoms with Gasteiger partial charge in [-0.3, -0.25) is 0 Å². The van der Waals surface area contributed by atoms with Gasteiger partial charge in [0, 0.05) is 27.4 Å². The Morgan fingerprint density at radius 2 is 0.958 bits per heavy atom. The Hall–Kier alpha value is 0.804. The van der Waals surface area contributed by atoms with E-state index in [0.717, 1.165) is 6.04 Å². The second-order valence-corrected chi connectivity index (χ2v) is 25.1. The van der Waals surface area contributed by atoms with Crippen molar-refractivity contribution in [2.24, 2.45) is 0 Å². The molecule has 24 heavy (non-hydrogen) atoms. The first-order valence-corrected chi connectivity index (χ1v) is 21.1. The predicted molar refractivity (Wildman–Crippen MR) is 105 cm³/mol. The molecule has 0 atom stereocenters. The molecule has 0 aromatic rings. The number of hydrogen-bond donors (Lipinski definition) is 0. The molecule has 0 spiro atoms. The quantitative estimate of drug-likeness (QED) is 0.600. The molecule has 1 aliphatic heterocycles. The molecule has 7 nitrogen and oxygen atoms in total. The van der Waals surface area contributed by atoms with E-state index in [0.29, 0.717) is 6.04 Å². The van der Waals surface area contributed by atoms with Crippen LogP contribution in [0.5, 0.6) is 0 Å². The van der Waals surface area contributed by atoms with Crippen molar-refractivity contribution in [3.8, 4) is 0 Å². The summed E-state index contributed by atoms with van der Waals surface area (Å²) in [6, 6.07) is 1.37. The van der Waals surface area contributed by atoms with Crippen LogP contribution in [0.1, 0.15) is 0 Å². The van der Waals surface area contributed by atoms with Crippen LogP contribution in [0.3, 0.4) is 0 Å². The van der Waals surface area contributed by atoms with E-state index in [1.165, 1.54) is 0 Å². The summed E-state index contributed by atoms with van der Waals surface area (Å²) in [4.78, 5) is 0. The summed E-state index contributed by atoms with van der Waals surface area (Å²) in [5.41, 5.74) is 0. The van der Waals surface area contributed by atoms with Crippen molar-refractivity contribution < 1.29 is 29.7 Å². The van der Waals surface area contributed by atoms with E-state index in [2.05, 4.69) is 45.8 Å². The summed E-state index contributed by atoms with van der Waals surface area (Å²) in [6.45, 7) is 14.5. The van der Waals surface area contributed by atoms with Crippen molar-refractivity contribution in [2.75, 3.05) is 21.3 Å².